The van der Waals surface area contributed by atoms with Crippen molar-refractivity contribution in [3.8, 4) is 22.1 Å². The van der Waals surface area contributed by atoms with E-state index in [9.17, 15) is 4.79 Å². The summed E-state index contributed by atoms with van der Waals surface area (Å²) < 4.78 is 17.8. The van der Waals surface area contributed by atoms with Crippen LogP contribution in [0.25, 0.3) is 16.4 Å². The molecule has 1 aromatic carbocycles. The number of benzene rings is 1. The SMILES string of the molecule is CCOC(=O)c1cnn(-c2nc(-c3ccc(OC)cc3)cs2)c1CN(C)C(C)c1ccco1. The van der Waals surface area contributed by atoms with Crippen molar-refractivity contribution in [3.05, 3.63) is 71.3 Å². The molecule has 0 radical (unpaired) electrons. The van der Waals surface area contributed by atoms with Gasteiger partial charge in [-0.15, -0.1) is 11.3 Å². The summed E-state index contributed by atoms with van der Waals surface area (Å²) in [7, 11) is 3.62. The van der Waals surface area contributed by atoms with E-state index in [1.807, 2.05) is 48.8 Å². The number of ether oxygens (including phenoxy) is 2. The third-order valence-electron chi connectivity index (χ3n) is 5.44. The zero-order valence-electron chi connectivity index (χ0n) is 19.0. The highest BCUT2D eigenvalue weighted by molar-refractivity contribution is 7.12. The first-order valence-electron chi connectivity index (χ1n) is 10.6. The van der Waals surface area contributed by atoms with E-state index in [-0.39, 0.29) is 6.04 Å². The fourth-order valence-corrected chi connectivity index (χ4v) is 4.26. The number of thiazole rings is 1. The van der Waals surface area contributed by atoms with Crippen molar-refractivity contribution in [2.45, 2.75) is 26.4 Å². The second kappa shape index (κ2) is 10.0. The molecule has 0 saturated carbocycles. The Labute approximate surface area is 196 Å². The van der Waals surface area contributed by atoms with Crippen LogP contribution in [0.15, 0.2) is 58.7 Å². The van der Waals surface area contributed by atoms with E-state index in [4.69, 9.17) is 18.9 Å². The van der Waals surface area contributed by atoms with Gasteiger partial charge in [-0.25, -0.2) is 14.5 Å². The van der Waals surface area contributed by atoms with Gasteiger partial charge in [-0.05, 0) is 57.3 Å². The predicted molar refractivity (Wildman–Crippen MR) is 126 cm³/mol. The molecular formula is C24H26N4O4S. The van der Waals surface area contributed by atoms with E-state index in [2.05, 4.69) is 16.9 Å². The highest BCUT2D eigenvalue weighted by atomic mass is 32.1. The standard InChI is InChI=1S/C24H26N4O4S/c1-5-31-23(29)19-13-25-28(21(19)14-27(3)16(2)22-7-6-12-32-22)24-26-20(15-33-24)17-8-10-18(30-4)11-9-17/h6-13,15-16H,5,14H2,1-4H3. The minimum Gasteiger partial charge on any atom is -0.497 e. The van der Waals surface area contributed by atoms with Crippen LogP contribution in [-0.2, 0) is 11.3 Å². The Morgan fingerprint density at radius 3 is 2.73 bits per heavy atom. The Bertz CT molecular complexity index is 1200. The Morgan fingerprint density at radius 1 is 1.27 bits per heavy atom. The summed E-state index contributed by atoms with van der Waals surface area (Å²) in [5.41, 5.74) is 2.94. The van der Waals surface area contributed by atoms with Crippen molar-refractivity contribution in [1.29, 1.82) is 0 Å². The third-order valence-corrected chi connectivity index (χ3v) is 6.25. The second-order valence-electron chi connectivity index (χ2n) is 7.49. The molecular weight excluding hydrogens is 440 g/mol. The lowest BCUT2D eigenvalue weighted by molar-refractivity contribution is 0.0523. The van der Waals surface area contributed by atoms with Gasteiger partial charge in [-0.1, -0.05) is 0 Å². The summed E-state index contributed by atoms with van der Waals surface area (Å²) in [6.07, 6.45) is 3.21. The Balaban J connectivity index is 1.66. The minimum atomic E-state index is -0.398. The number of nitrogens with zero attached hydrogens (tertiary/aromatic N) is 4. The van der Waals surface area contributed by atoms with Gasteiger partial charge in [0, 0.05) is 17.5 Å². The zero-order valence-corrected chi connectivity index (χ0v) is 19.8. The Morgan fingerprint density at radius 2 is 2.06 bits per heavy atom. The molecule has 4 rings (SSSR count). The number of furan rings is 1. The lowest BCUT2D eigenvalue weighted by Gasteiger charge is -2.23. The van der Waals surface area contributed by atoms with Crippen LogP contribution in [0.3, 0.4) is 0 Å². The Kier molecular flexibility index (Phi) is 6.90. The summed E-state index contributed by atoms with van der Waals surface area (Å²) in [5.74, 6) is 1.23. The summed E-state index contributed by atoms with van der Waals surface area (Å²) in [4.78, 5) is 19.5. The fourth-order valence-electron chi connectivity index (χ4n) is 3.45. The lowest BCUT2D eigenvalue weighted by atomic mass is 10.2. The van der Waals surface area contributed by atoms with Crippen molar-refractivity contribution in [3.63, 3.8) is 0 Å². The number of esters is 1. The molecule has 9 heteroatoms. The fraction of sp³-hybridized carbons (Fsp3) is 0.292. The van der Waals surface area contributed by atoms with Crippen LogP contribution in [0, 0.1) is 0 Å². The van der Waals surface area contributed by atoms with Gasteiger partial charge in [-0.2, -0.15) is 5.10 Å². The van der Waals surface area contributed by atoms with E-state index >= 15 is 0 Å². The molecule has 33 heavy (non-hydrogen) atoms. The summed E-state index contributed by atoms with van der Waals surface area (Å²) in [6, 6.07) is 11.5. The van der Waals surface area contributed by atoms with Gasteiger partial charge in [0.05, 0.1) is 43.6 Å². The van der Waals surface area contributed by atoms with Crippen molar-refractivity contribution < 1.29 is 18.7 Å². The molecule has 1 unspecified atom stereocenters. The number of rotatable bonds is 9. The van der Waals surface area contributed by atoms with Crippen LogP contribution >= 0.6 is 11.3 Å². The molecule has 1 atom stereocenters. The minimum absolute atomic E-state index is 0.00421. The number of methoxy groups -OCH3 is 1. The molecule has 3 aromatic heterocycles. The smallest absolute Gasteiger partial charge is 0.341 e. The second-order valence-corrected chi connectivity index (χ2v) is 8.32. The molecule has 4 aromatic rings. The molecule has 0 aliphatic carbocycles. The van der Waals surface area contributed by atoms with Crippen LogP contribution in [-0.4, -0.2) is 46.4 Å². The van der Waals surface area contributed by atoms with Crippen molar-refractivity contribution in [2.24, 2.45) is 0 Å². The normalized spacial score (nSPS) is 12.2. The van der Waals surface area contributed by atoms with E-state index < -0.39 is 5.97 Å². The summed E-state index contributed by atoms with van der Waals surface area (Å²) in [5, 5.41) is 7.14. The molecule has 0 amide bonds. The van der Waals surface area contributed by atoms with Crippen molar-refractivity contribution >= 4 is 17.3 Å². The molecule has 172 valence electrons. The van der Waals surface area contributed by atoms with Gasteiger partial charge in [0.15, 0.2) is 0 Å². The van der Waals surface area contributed by atoms with Gasteiger partial charge in [0.1, 0.15) is 17.1 Å². The van der Waals surface area contributed by atoms with Crippen LogP contribution < -0.4 is 4.74 Å². The first kappa shape index (κ1) is 22.8. The number of aromatic nitrogens is 3. The molecule has 0 fully saturated rings. The largest absolute Gasteiger partial charge is 0.497 e. The van der Waals surface area contributed by atoms with Gasteiger partial charge in [0.2, 0.25) is 5.13 Å². The number of carbonyl (C=O) groups is 1. The van der Waals surface area contributed by atoms with E-state index in [0.717, 1.165) is 22.8 Å². The van der Waals surface area contributed by atoms with E-state index in [1.54, 1.807) is 31.2 Å². The van der Waals surface area contributed by atoms with Crippen LogP contribution in [0.1, 0.15) is 41.7 Å². The quantitative estimate of drug-likeness (QED) is 0.322. The molecule has 0 aliphatic rings. The monoisotopic (exact) mass is 466 g/mol. The van der Waals surface area contributed by atoms with Gasteiger partial charge in [-0.3, -0.25) is 4.90 Å². The zero-order chi connectivity index (χ0) is 23.4. The molecule has 0 bridgehead atoms. The van der Waals surface area contributed by atoms with Crippen molar-refractivity contribution in [2.75, 3.05) is 20.8 Å². The van der Waals surface area contributed by atoms with Crippen LogP contribution in [0.4, 0.5) is 0 Å². The molecule has 0 N–H and O–H groups in total. The maximum Gasteiger partial charge on any atom is 0.341 e. The molecule has 3 heterocycles. The first-order valence-corrected chi connectivity index (χ1v) is 11.5. The number of hydrogen-bond acceptors (Lipinski definition) is 8. The average molecular weight is 467 g/mol. The highest BCUT2D eigenvalue weighted by Gasteiger charge is 2.24. The average Bonchev–Trinajstić information content (AvgIpc) is 3.59. The van der Waals surface area contributed by atoms with Crippen LogP contribution in [0.2, 0.25) is 0 Å². The van der Waals surface area contributed by atoms with E-state index in [0.29, 0.717) is 29.5 Å². The lowest BCUT2D eigenvalue weighted by Crippen LogP contribution is -2.24. The highest BCUT2D eigenvalue weighted by Crippen LogP contribution is 2.28. The summed E-state index contributed by atoms with van der Waals surface area (Å²) >= 11 is 1.46. The van der Waals surface area contributed by atoms with Crippen molar-refractivity contribution in [1.82, 2.24) is 19.7 Å². The predicted octanol–water partition coefficient (Wildman–Crippen LogP) is 4.97. The number of hydrogen-bond donors (Lipinski definition) is 0. The Hall–Kier alpha value is -3.43. The maximum absolute atomic E-state index is 12.6. The molecule has 8 nitrogen and oxygen atoms in total. The summed E-state index contributed by atoms with van der Waals surface area (Å²) in [6.45, 7) is 4.58. The molecule has 0 saturated heterocycles. The molecule has 0 spiro atoms. The molecule has 0 aliphatic heterocycles. The maximum atomic E-state index is 12.6. The topological polar surface area (TPSA) is 82.6 Å². The van der Waals surface area contributed by atoms with Crippen LogP contribution in [0.5, 0.6) is 5.75 Å². The van der Waals surface area contributed by atoms with E-state index in [1.165, 1.54) is 11.3 Å². The van der Waals surface area contributed by atoms with Gasteiger partial charge in [0.25, 0.3) is 0 Å². The number of carbonyl (C=O) groups excluding carboxylic acids is 1. The third kappa shape index (κ3) is 4.84. The van der Waals surface area contributed by atoms with Gasteiger partial charge >= 0.3 is 5.97 Å². The first-order chi connectivity index (χ1) is 16.0. The van der Waals surface area contributed by atoms with Gasteiger partial charge < -0.3 is 13.9 Å².